The fraction of sp³-hybridized carbons (Fsp3) is 0.0169. The molecule has 62 heavy (non-hydrogen) atoms. The van der Waals surface area contributed by atoms with Crippen LogP contribution in [0.5, 0.6) is 0 Å². The minimum Gasteiger partial charge on any atom is -0.310 e. The molecule has 294 valence electrons. The van der Waals surface area contributed by atoms with E-state index in [2.05, 4.69) is 246 Å². The molecule has 0 aromatic heterocycles. The lowest BCUT2D eigenvalue weighted by molar-refractivity contribution is 0.769. The van der Waals surface area contributed by atoms with E-state index in [1.165, 1.54) is 44.2 Å². The second-order valence-corrected chi connectivity index (χ2v) is 16.2. The number of hydrogen-bond acceptors (Lipinski definition) is 2. The van der Waals surface area contributed by atoms with Gasteiger partial charge in [0.25, 0.3) is 0 Å². The van der Waals surface area contributed by atoms with E-state index in [1.807, 2.05) is 12.1 Å². The van der Waals surface area contributed by atoms with E-state index in [0.717, 1.165) is 45.3 Å². The summed E-state index contributed by atoms with van der Waals surface area (Å²) in [7, 11) is 0. The first kappa shape index (κ1) is 37.4. The van der Waals surface area contributed by atoms with Crippen molar-refractivity contribution >= 4 is 56.5 Å². The van der Waals surface area contributed by atoms with Gasteiger partial charge in [-0.2, -0.15) is 0 Å². The minimum atomic E-state index is -0.583. The van der Waals surface area contributed by atoms with Gasteiger partial charge in [-0.05, 0) is 116 Å². The normalized spacial score (nSPS) is 12.4. The van der Waals surface area contributed by atoms with Crippen LogP contribution in [-0.2, 0) is 5.41 Å². The Bertz CT molecular complexity index is 3160. The van der Waals surface area contributed by atoms with E-state index in [4.69, 9.17) is 11.6 Å². The molecule has 1 aliphatic carbocycles. The molecule has 0 unspecified atom stereocenters. The molecule has 3 heteroatoms. The molecule has 0 fully saturated rings. The monoisotopic (exact) mass is 812 g/mol. The highest BCUT2D eigenvalue weighted by atomic mass is 35.5. The Morgan fingerprint density at radius 3 is 1.60 bits per heavy atom. The van der Waals surface area contributed by atoms with E-state index in [0.29, 0.717) is 5.02 Å². The number of halogens is 1. The van der Waals surface area contributed by atoms with Gasteiger partial charge in [0.1, 0.15) is 0 Å². The molecule has 0 spiro atoms. The number of hydrogen-bond donors (Lipinski definition) is 0. The van der Waals surface area contributed by atoms with Gasteiger partial charge in [0, 0.05) is 39.0 Å². The van der Waals surface area contributed by atoms with Gasteiger partial charge < -0.3 is 9.80 Å². The fourth-order valence-corrected chi connectivity index (χ4v) is 9.94. The van der Waals surface area contributed by atoms with Crippen molar-refractivity contribution in [3.05, 3.63) is 276 Å². The first-order valence-corrected chi connectivity index (χ1v) is 21.5. The van der Waals surface area contributed by atoms with Crippen LogP contribution in [0.4, 0.5) is 34.1 Å². The first-order valence-electron chi connectivity index (χ1n) is 21.1. The first-order chi connectivity index (χ1) is 30.7. The Morgan fingerprint density at radius 1 is 0.339 bits per heavy atom. The summed E-state index contributed by atoms with van der Waals surface area (Å²) in [6.07, 6.45) is 0. The summed E-state index contributed by atoms with van der Waals surface area (Å²) in [6.45, 7) is 0. The van der Waals surface area contributed by atoms with Crippen molar-refractivity contribution in [2.45, 2.75) is 5.41 Å². The fourth-order valence-electron chi connectivity index (χ4n) is 9.75. The second kappa shape index (κ2) is 15.7. The molecule has 11 rings (SSSR count). The minimum absolute atomic E-state index is 0.583. The molecule has 0 atom stereocenters. The molecule has 0 N–H and O–H groups in total. The smallest absolute Gasteiger partial charge is 0.0714 e. The van der Waals surface area contributed by atoms with Crippen molar-refractivity contribution in [2.24, 2.45) is 0 Å². The summed E-state index contributed by atoms with van der Waals surface area (Å²) >= 11 is 6.86. The standard InChI is InChI=1S/C59H41ClN2/c60-46-26-17-29-48(39-46)61(49-30-18-31-50(40-49)62(47-27-11-4-12-28-47)57-34-16-15-32-52(57)42-19-5-1-6-20-42)51-36-37-54-56(41-51)59(44-22-7-2-8-23-44,45-24-9-3-10-25-45)55-38-35-43-21-13-14-33-53(43)58(54)55/h1-41H. The molecule has 0 saturated carbocycles. The number of rotatable bonds is 9. The van der Waals surface area contributed by atoms with E-state index < -0.39 is 5.41 Å². The third kappa shape index (κ3) is 6.27. The second-order valence-electron chi connectivity index (χ2n) is 15.8. The third-order valence-corrected chi connectivity index (χ3v) is 12.6. The molecule has 10 aromatic carbocycles. The summed E-state index contributed by atoms with van der Waals surface area (Å²) < 4.78 is 0. The van der Waals surface area contributed by atoms with Crippen LogP contribution in [0.25, 0.3) is 33.0 Å². The molecule has 2 nitrogen and oxygen atoms in total. The van der Waals surface area contributed by atoms with Crippen LogP contribution in [-0.4, -0.2) is 0 Å². The average molecular weight is 813 g/mol. The van der Waals surface area contributed by atoms with E-state index in [-0.39, 0.29) is 0 Å². The van der Waals surface area contributed by atoms with Crippen molar-refractivity contribution in [3.63, 3.8) is 0 Å². The lowest BCUT2D eigenvalue weighted by Crippen LogP contribution is -2.28. The van der Waals surface area contributed by atoms with E-state index in [1.54, 1.807) is 0 Å². The largest absolute Gasteiger partial charge is 0.310 e. The van der Waals surface area contributed by atoms with Crippen molar-refractivity contribution in [1.29, 1.82) is 0 Å². The molecule has 0 bridgehead atoms. The zero-order chi connectivity index (χ0) is 41.5. The molecular weight excluding hydrogens is 772 g/mol. The highest BCUT2D eigenvalue weighted by Crippen LogP contribution is 2.59. The molecule has 0 saturated heterocycles. The van der Waals surface area contributed by atoms with Crippen LogP contribution in [0, 0.1) is 0 Å². The number of para-hydroxylation sites is 2. The van der Waals surface area contributed by atoms with Crippen LogP contribution in [0.15, 0.2) is 249 Å². The molecule has 0 heterocycles. The Kier molecular flexibility index (Phi) is 9.49. The van der Waals surface area contributed by atoms with Crippen LogP contribution < -0.4 is 9.80 Å². The van der Waals surface area contributed by atoms with Crippen LogP contribution >= 0.6 is 11.6 Å². The van der Waals surface area contributed by atoms with Gasteiger partial charge in [0.2, 0.25) is 0 Å². The summed E-state index contributed by atoms with van der Waals surface area (Å²) in [5.74, 6) is 0. The number of anilines is 6. The summed E-state index contributed by atoms with van der Waals surface area (Å²) in [5, 5.41) is 3.16. The molecule has 0 radical (unpaired) electrons. The predicted octanol–water partition coefficient (Wildman–Crippen LogP) is 16.5. The van der Waals surface area contributed by atoms with Crippen molar-refractivity contribution in [1.82, 2.24) is 0 Å². The Labute approximate surface area is 368 Å². The lowest BCUT2D eigenvalue weighted by atomic mass is 9.67. The van der Waals surface area contributed by atoms with Gasteiger partial charge in [-0.15, -0.1) is 0 Å². The zero-order valence-corrected chi connectivity index (χ0v) is 34.7. The van der Waals surface area contributed by atoms with Gasteiger partial charge in [-0.25, -0.2) is 0 Å². The zero-order valence-electron chi connectivity index (χ0n) is 33.9. The highest BCUT2D eigenvalue weighted by molar-refractivity contribution is 6.30. The van der Waals surface area contributed by atoms with Crippen molar-refractivity contribution < 1.29 is 0 Å². The maximum atomic E-state index is 6.86. The SMILES string of the molecule is Clc1cccc(N(c2cccc(N(c3ccccc3)c3ccccc3-c3ccccc3)c2)c2ccc3c(c2)C(c2ccccc2)(c2ccccc2)c2ccc4ccccc4c2-3)c1. The number of benzene rings is 10. The molecule has 0 amide bonds. The van der Waals surface area contributed by atoms with Crippen LogP contribution in [0.2, 0.25) is 5.02 Å². The van der Waals surface area contributed by atoms with Crippen LogP contribution in [0.1, 0.15) is 22.3 Å². The maximum Gasteiger partial charge on any atom is 0.0714 e. The Hall–Kier alpha value is -7.65. The number of fused-ring (bicyclic) bond motifs is 5. The molecule has 10 aromatic rings. The van der Waals surface area contributed by atoms with Gasteiger partial charge >= 0.3 is 0 Å². The number of nitrogens with zero attached hydrogens (tertiary/aromatic N) is 2. The van der Waals surface area contributed by atoms with Crippen molar-refractivity contribution in [2.75, 3.05) is 9.80 Å². The van der Waals surface area contributed by atoms with Gasteiger partial charge in [-0.3, -0.25) is 0 Å². The Morgan fingerprint density at radius 2 is 0.887 bits per heavy atom. The molecular formula is C59H41ClN2. The van der Waals surface area contributed by atoms with Gasteiger partial charge in [0.05, 0.1) is 11.1 Å². The summed E-state index contributed by atoms with van der Waals surface area (Å²) in [4.78, 5) is 4.71. The van der Waals surface area contributed by atoms with Gasteiger partial charge in [-0.1, -0.05) is 194 Å². The van der Waals surface area contributed by atoms with E-state index in [9.17, 15) is 0 Å². The average Bonchev–Trinajstić information content (AvgIpc) is 3.64. The summed E-state index contributed by atoms with van der Waals surface area (Å²) in [6, 6.07) is 89.5. The maximum absolute atomic E-state index is 6.86. The third-order valence-electron chi connectivity index (χ3n) is 12.3. The predicted molar refractivity (Wildman–Crippen MR) is 261 cm³/mol. The van der Waals surface area contributed by atoms with E-state index >= 15 is 0 Å². The van der Waals surface area contributed by atoms with Gasteiger partial charge in [0.15, 0.2) is 0 Å². The summed E-state index contributed by atoms with van der Waals surface area (Å²) in [5.41, 5.74) is 15.4. The van der Waals surface area contributed by atoms with Crippen molar-refractivity contribution in [3.8, 4) is 22.3 Å². The topological polar surface area (TPSA) is 6.48 Å². The molecule has 0 aliphatic heterocycles. The quantitative estimate of drug-likeness (QED) is 0.143. The molecule has 1 aliphatic rings. The van der Waals surface area contributed by atoms with Crippen LogP contribution in [0.3, 0.4) is 0 Å². The Balaban J connectivity index is 1.16. The highest BCUT2D eigenvalue weighted by Gasteiger charge is 2.47. The lowest BCUT2D eigenvalue weighted by Gasteiger charge is -2.35.